The quantitative estimate of drug-likeness (QED) is 0.900. The van der Waals surface area contributed by atoms with Crippen molar-refractivity contribution in [3.8, 4) is 0 Å². The topological polar surface area (TPSA) is 49.4 Å². The maximum absolute atomic E-state index is 13.9. The highest BCUT2D eigenvalue weighted by Gasteiger charge is 2.41. The van der Waals surface area contributed by atoms with Gasteiger partial charge in [-0.1, -0.05) is 19.9 Å². The smallest absolute Gasteiger partial charge is 0.250 e. The summed E-state index contributed by atoms with van der Waals surface area (Å²) in [4.78, 5) is 25.4. The zero-order valence-electron chi connectivity index (χ0n) is 11.5. The fourth-order valence-corrected chi connectivity index (χ4v) is 2.25. The van der Waals surface area contributed by atoms with E-state index >= 15 is 0 Å². The van der Waals surface area contributed by atoms with Crippen LogP contribution < -0.4 is 10.2 Å². The Balaban J connectivity index is 2.49. The van der Waals surface area contributed by atoms with Gasteiger partial charge in [0.1, 0.15) is 12.1 Å². The van der Waals surface area contributed by atoms with Gasteiger partial charge in [-0.3, -0.25) is 14.5 Å². The predicted octanol–water partition coefficient (Wildman–Crippen LogP) is 1.84. The summed E-state index contributed by atoms with van der Waals surface area (Å²) in [7, 11) is 0. The molecule has 1 heterocycles. The van der Waals surface area contributed by atoms with Gasteiger partial charge in [-0.15, -0.1) is 0 Å². The van der Waals surface area contributed by atoms with Gasteiger partial charge in [0.15, 0.2) is 11.6 Å². The van der Waals surface area contributed by atoms with Gasteiger partial charge in [0.05, 0.1) is 5.69 Å². The van der Waals surface area contributed by atoms with Gasteiger partial charge in [0.2, 0.25) is 5.91 Å². The van der Waals surface area contributed by atoms with Crippen LogP contribution in [-0.4, -0.2) is 23.9 Å². The van der Waals surface area contributed by atoms with Crippen molar-refractivity contribution in [3.05, 3.63) is 29.8 Å². The summed E-state index contributed by atoms with van der Waals surface area (Å²) in [5.74, 6) is -3.12. The van der Waals surface area contributed by atoms with E-state index in [-0.39, 0.29) is 17.5 Å². The first kappa shape index (κ1) is 14.4. The first-order valence-electron chi connectivity index (χ1n) is 6.42. The molecule has 0 saturated carbocycles. The molecule has 2 amide bonds. The van der Waals surface area contributed by atoms with E-state index in [0.717, 1.165) is 11.0 Å². The number of halogens is 2. The molecule has 0 aliphatic carbocycles. The van der Waals surface area contributed by atoms with Crippen LogP contribution >= 0.6 is 0 Å². The third kappa shape index (κ3) is 2.26. The van der Waals surface area contributed by atoms with Crippen molar-refractivity contribution in [1.29, 1.82) is 0 Å². The molecule has 2 unspecified atom stereocenters. The van der Waals surface area contributed by atoms with Crippen LogP contribution in [0, 0.1) is 17.6 Å². The van der Waals surface area contributed by atoms with E-state index in [1.165, 1.54) is 19.1 Å². The SMILES string of the molecule is CC(C)C1NC(=O)C(C)N(c2cccc(F)c2F)C1=O. The molecule has 0 aromatic heterocycles. The lowest BCUT2D eigenvalue weighted by Gasteiger charge is -2.38. The maximum Gasteiger partial charge on any atom is 0.250 e. The Morgan fingerprint density at radius 2 is 1.90 bits per heavy atom. The van der Waals surface area contributed by atoms with E-state index in [1.54, 1.807) is 13.8 Å². The molecule has 1 aliphatic rings. The Morgan fingerprint density at radius 3 is 2.50 bits per heavy atom. The number of nitrogens with one attached hydrogen (secondary N) is 1. The van der Waals surface area contributed by atoms with Crippen LogP contribution in [0.2, 0.25) is 0 Å². The highest BCUT2D eigenvalue weighted by molar-refractivity contribution is 6.08. The largest absolute Gasteiger partial charge is 0.342 e. The van der Waals surface area contributed by atoms with Crippen molar-refractivity contribution in [2.75, 3.05) is 4.90 Å². The van der Waals surface area contributed by atoms with Crippen LogP contribution in [0.15, 0.2) is 18.2 Å². The van der Waals surface area contributed by atoms with E-state index in [0.29, 0.717) is 0 Å². The third-order valence-electron chi connectivity index (χ3n) is 3.43. The average molecular weight is 282 g/mol. The Bertz CT molecular complexity index is 560. The van der Waals surface area contributed by atoms with E-state index in [4.69, 9.17) is 0 Å². The van der Waals surface area contributed by atoms with E-state index in [2.05, 4.69) is 5.32 Å². The standard InChI is InChI=1S/C14H16F2N2O2/c1-7(2)12-14(20)18(8(3)13(19)17-12)10-6-4-5-9(15)11(10)16/h4-8,12H,1-3H3,(H,17,19). The Kier molecular flexibility index (Phi) is 3.74. The van der Waals surface area contributed by atoms with Gasteiger partial charge < -0.3 is 5.32 Å². The highest BCUT2D eigenvalue weighted by atomic mass is 19.2. The molecule has 108 valence electrons. The maximum atomic E-state index is 13.9. The molecule has 20 heavy (non-hydrogen) atoms. The first-order chi connectivity index (χ1) is 9.34. The molecule has 0 radical (unpaired) electrons. The molecule has 1 saturated heterocycles. The molecule has 1 aromatic carbocycles. The predicted molar refractivity (Wildman–Crippen MR) is 70.1 cm³/mol. The number of amides is 2. The Morgan fingerprint density at radius 1 is 1.25 bits per heavy atom. The van der Waals surface area contributed by atoms with Crippen LogP contribution in [0.4, 0.5) is 14.5 Å². The minimum Gasteiger partial charge on any atom is -0.342 e. The van der Waals surface area contributed by atoms with Gasteiger partial charge in [-0.25, -0.2) is 8.78 Å². The Hall–Kier alpha value is -1.98. The van der Waals surface area contributed by atoms with Gasteiger partial charge in [0, 0.05) is 0 Å². The second kappa shape index (κ2) is 5.19. The molecule has 6 heteroatoms. The van der Waals surface area contributed by atoms with Crippen molar-refractivity contribution in [1.82, 2.24) is 5.32 Å². The van der Waals surface area contributed by atoms with Crippen molar-refractivity contribution < 1.29 is 18.4 Å². The number of rotatable bonds is 2. The summed E-state index contributed by atoms with van der Waals surface area (Å²) in [5.41, 5.74) is -0.206. The van der Waals surface area contributed by atoms with Gasteiger partial charge in [-0.05, 0) is 25.0 Å². The van der Waals surface area contributed by atoms with Gasteiger partial charge in [0.25, 0.3) is 5.91 Å². The number of carbonyl (C=O) groups excluding carboxylic acids is 2. The molecule has 4 nitrogen and oxygen atoms in total. The highest BCUT2D eigenvalue weighted by Crippen LogP contribution is 2.27. The normalized spacial score (nSPS) is 23.2. The second-order valence-electron chi connectivity index (χ2n) is 5.19. The van der Waals surface area contributed by atoms with Crippen LogP contribution in [0.5, 0.6) is 0 Å². The zero-order chi connectivity index (χ0) is 15.0. The fraction of sp³-hybridized carbons (Fsp3) is 0.429. The van der Waals surface area contributed by atoms with Crippen molar-refractivity contribution in [2.24, 2.45) is 5.92 Å². The van der Waals surface area contributed by atoms with E-state index in [1.807, 2.05) is 0 Å². The number of anilines is 1. The van der Waals surface area contributed by atoms with Crippen LogP contribution in [-0.2, 0) is 9.59 Å². The number of hydrogen-bond acceptors (Lipinski definition) is 2. The minimum absolute atomic E-state index is 0.141. The molecule has 1 N–H and O–H groups in total. The molecule has 1 aliphatic heterocycles. The van der Waals surface area contributed by atoms with E-state index in [9.17, 15) is 18.4 Å². The van der Waals surface area contributed by atoms with Gasteiger partial charge >= 0.3 is 0 Å². The number of hydrogen-bond donors (Lipinski definition) is 1. The van der Waals surface area contributed by atoms with Crippen molar-refractivity contribution >= 4 is 17.5 Å². The fourth-order valence-electron chi connectivity index (χ4n) is 2.25. The lowest BCUT2D eigenvalue weighted by molar-refractivity contribution is -0.134. The second-order valence-corrected chi connectivity index (χ2v) is 5.19. The molecule has 0 bridgehead atoms. The molecule has 0 spiro atoms. The first-order valence-corrected chi connectivity index (χ1v) is 6.42. The number of piperazine rings is 1. The van der Waals surface area contributed by atoms with Crippen LogP contribution in [0.3, 0.4) is 0 Å². The summed E-state index contributed by atoms with van der Waals surface area (Å²) >= 11 is 0. The lowest BCUT2D eigenvalue weighted by Crippen LogP contribution is -2.64. The third-order valence-corrected chi connectivity index (χ3v) is 3.43. The van der Waals surface area contributed by atoms with Crippen molar-refractivity contribution in [2.45, 2.75) is 32.9 Å². The summed E-state index contributed by atoms with van der Waals surface area (Å²) in [6, 6.07) is 1.96. The molecule has 2 atom stereocenters. The monoisotopic (exact) mass is 282 g/mol. The summed E-state index contributed by atoms with van der Waals surface area (Å²) in [6.07, 6.45) is 0. The molecule has 1 fully saturated rings. The van der Waals surface area contributed by atoms with Crippen molar-refractivity contribution in [3.63, 3.8) is 0 Å². The van der Waals surface area contributed by atoms with Gasteiger partial charge in [-0.2, -0.15) is 0 Å². The molecular weight excluding hydrogens is 266 g/mol. The molecule has 2 rings (SSSR count). The summed E-state index contributed by atoms with van der Waals surface area (Å²) in [5, 5.41) is 2.60. The summed E-state index contributed by atoms with van der Waals surface area (Å²) in [6.45, 7) is 5.03. The zero-order valence-corrected chi connectivity index (χ0v) is 11.5. The molecular formula is C14H16F2N2O2. The van der Waals surface area contributed by atoms with Crippen LogP contribution in [0.25, 0.3) is 0 Å². The number of benzene rings is 1. The number of carbonyl (C=O) groups is 2. The summed E-state index contributed by atoms with van der Waals surface area (Å²) < 4.78 is 27.2. The lowest BCUT2D eigenvalue weighted by atomic mass is 9.97. The Labute approximate surface area is 115 Å². The molecule has 1 aromatic rings. The minimum atomic E-state index is -1.12. The average Bonchev–Trinajstić information content (AvgIpc) is 2.38. The van der Waals surface area contributed by atoms with E-state index < -0.39 is 29.6 Å². The number of nitrogens with zero attached hydrogens (tertiary/aromatic N) is 1. The van der Waals surface area contributed by atoms with Crippen LogP contribution in [0.1, 0.15) is 20.8 Å².